The zero-order valence-corrected chi connectivity index (χ0v) is 8.21. The summed E-state index contributed by atoms with van der Waals surface area (Å²) in [5.74, 6) is -0.582. The number of amides is 1. The predicted molar refractivity (Wildman–Crippen MR) is 45.6 cm³/mol. The molecule has 0 bridgehead atoms. The number of halogens is 3. The average Bonchev–Trinajstić information content (AvgIpc) is 2.58. The molecule has 90 valence electrons. The maximum atomic E-state index is 11.9. The fraction of sp³-hybridized carbons (Fsp3) is 0.500. The number of hydrogen-bond acceptors (Lipinski definition) is 4. The molecular weight excluding hydrogens is 229 g/mol. The number of carbonyl (C=O) groups excluding carboxylic acids is 1. The number of alkyl halides is 3. The number of hydrogen-bond donors (Lipinski definition) is 2. The topological polar surface area (TPSA) is 75.4 Å². The Balaban J connectivity index is 2.52. The molecule has 2 N–H and O–H groups in total. The van der Waals surface area contributed by atoms with E-state index in [0.717, 1.165) is 6.20 Å². The molecule has 0 spiro atoms. The molecule has 16 heavy (non-hydrogen) atoms. The van der Waals surface area contributed by atoms with Crippen LogP contribution in [-0.4, -0.2) is 35.0 Å². The summed E-state index contributed by atoms with van der Waals surface area (Å²) in [4.78, 5) is 11.3. The first kappa shape index (κ1) is 12.5. The van der Waals surface area contributed by atoms with Gasteiger partial charge in [-0.2, -0.15) is 13.2 Å². The van der Waals surface area contributed by atoms with E-state index < -0.39 is 24.7 Å². The van der Waals surface area contributed by atoms with Crippen molar-refractivity contribution in [1.82, 2.24) is 10.5 Å². The van der Waals surface area contributed by atoms with Crippen molar-refractivity contribution in [2.75, 3.05) is 6.54 Å². The Labute approximate surface area is 88.2 Å². The van der Waals surface area contributed by atoms with Crippen molar-refractivity contribution in [1.29, 1.82) is 0 Å². The Morgan fingerprint density at radius 2 is 2.31 bits per heavy atom. The van der Waals surface area contributed by atoms with Crippen molar-refractivity contribution in [3.05, 3.63) is 17.5 Å². The molecule has 0 aromatic carbocycles. The summed E-state index contributed by atoms with van der Waals surface area (Å²) in [5, 5.41) is 13.8. The van der Waals surface area contributed by atoms with Gasteiger partial charge in [0.05, 0.1) is 12.7 Å². The van der Waals surface area contributed by atoms with Crippen LogP contribution < -0.4 is 5.32 Å². The van der Waals surface area contributed by atoms with E-state index in [9.17, 15) is 18.0 Å². The molecule has 0 fully saturated rings. The highest BCUT2D eigenvalue weighted by atomic mass is 19.4. The second-order valence-electron chi connectivity index (χ2n) is 3.06. The number of carbonyl (C=O) groups is 1. The fourth-order valence-electron chi connectivity index (χ4n) is 0.917. The zero-order chi connectivity index (χ0) is 12.3. The van der Waals surface area contributed by atoms with Crippen LogP contribution in [0.4, 0.5) is 13.2 Å². The predicted octanol–water partition coefficient (Wildman–Crippen LogP) is 0.636. The van der Waals surface area contributed by atoms with Crippen molar-refractivity contribution in [3.8, 4) is 0 Å². The van der Waals surface area contributed by atoms with Gasteiger partial charge in [0.25, 0.3) is 5.91 Å². The first-order valence-electron chi connectivity index (χ1n) is 4.26. The van der Waals surface area contributed by atoms with Gasteiger partial charge < -0.3 is 14.9 Å². The molecule has 1 aromatic heterocycles. The molecule has 1 aromatic rings. The van der Waals surface area contributed by atoms with E-state index in [2.05, 4.69) is 9.68 Å². The van der Waals surface area contributed by atoms with Crippen molar-refractivity contribution in [2.24, 2.45) is 0 Å². The highest BCUT2D eigenvalue weighted by Crippen LogP contribution is 2.19. The van der Waals surface area contributed by atoms with Crippen LogP contribution in [0.3, 0.4) is 0 Å². The lowest BCUT2D eigenvalue weighted by Crippen LogP contribution is -2.40. The van der Waals surface area contributed by atoms with Crippen molar-refractivity contribution < 1.29 is 27.6 Å². The molecule has 1 unspecified atom stereocenters. The molecule has 0 aliphatic heterocycles. The summed E-state index contributed by atoms with van der Waals surface area (Å²) in [7, 11) is 0. The molecule has 1 atom stereocenters. The lowest BCUT2D eigenvalue weighted by Gasteiger charge is -2.14. The quantitative estimate of drug-likeness (QED) is 0.810. The monoisotopic (exact) mass is 238 g/mol. The van der Waals surface area contributed by atoms with Crippen LogP contribution in [0.5, 0.6) is 0 Å². The number of nitrogens with zero attached hydrogens (tertiary/aromatic N) is 1. The molecule has 0 aliphatic carbocycles. The highest BCUT2D eigenvalue weighted by Gasteiger charge is 2.38. The van der Waals surface area contributed by atoms with Crippen LogP contribution >= 0.6 is 0 Å². The third kappa shape index (κ3) is 2.96. The van der Waals surface area contributed by atoms with Crippen LogP contribution in [0.1, 0.15) is 16.1 Å². The largest absolute Gasteiger partial charge is 0.416 e. The molecule has 0 saturated heterocycles. The second-order valence-corrected chi connectivity index (χ2v) is 3.06. The Hall–Kier alpha value is -1.57. The van der Waals surface area contributed by atoms with E-state index in [1.165, 1.54) is 6.92 Å². The van der Waals surface area contributed by atoms with E-state index in [-0.39, 0.29) is 11.3 Å². The Bertz CT molecular complexity index is 375. The molecular formula is C8H9F3N2O3. The highest BCUT2D eigenvalue weighted by molar-refractivity contribution is 5.94. The zero-order valence-electron chi connectivity index (χ0n) is 8.21. The van der Waals surface area contributed by atoms with Crippen molar-refractivity contribution in [2.45, 2.75) is 19.2 Å². The number of aliphatic hydroxyl groups excluding tert-OH is 1. The minimum atomic E-state index is -4.75. The van der Waals surface area contributed by atoms with Crippen LogP contribution in [-0.2, 0) is 0 Å². The molecule has 8 heteroatoms. The van der Waals surface area contributed by atoms with Crippen LogP contribution in [0.2, 0.25) is 0 Å². The third-order valence-electron chi connectivity index (χ3n) is 1.83. The summed E-state index contributed by atoms with van der Waals surface area (Å²) in [6, 6.07) is 0. The van der Waals surface area contributed by atoms with E-state index >= 15 is 0 Å². The molecule has 0 saturated carbocycles. The van der Waals surface area contributed by atoms with Gasteiger partial charge in [-0.25, -0.2) is 0 Å². The van der Waals surface area contributed by atoms with Crippen molar-refractivity contribution in [3.63, 3.8) is 0 Å². The van der Waals surface area contributed by atoms with Crippen LogP contribution in [0, 0.1) is 6.92 Å². The summed E-state index contributed by atoms with van der Waals surface area (Å²) >= 11 is 0. The smallest absolute Gasteiger partial charge is 0.382 e. The Kier molecular flexibility index (Phi) is 3.53. The van der Waals surface area contributed by atoms with Crippen molar-refractivity contribution >= 4 is 5.91 Å². The SMILES string of the molecule is Cc1oncc1C(=O)NCC(O)C(F)(F)F. The van der Waals surface area contributed by atoms with Gasteiger partial charge >= 0.3 is 6.18 Å². The van der Waals surface area contributed by atoms with Gasteiger partial charge in [0.2, 0.25) is 0 Å². The molecule has 0 radical (unpaired) electrons. The van der Waals surface area contributed by atoms with Gasteiger partial charge in [-0.05, 0) is 6.92 Å². The number of aromatic nitrogens is 1. The van der Waals surface area contributed by atoms with Gasteiger partial charge in [-0.1, -0.05) is 5.16 Å². The van der Waals surface area contributed by atoms with Gasteiger partial charge in [0.1, 0.15) is 11.3 Å². The standard InChI is InChI=1S/C8H9F3N2O3/c1-4-5(2-13-16-4)7(15)12-3-6(14)8(9,10)11/h2,6,14H,3H2,1H3,(H,12,15). The van der Waals surface area contributed by atoms with Crippen LogP contribution in [0.15, 0.2) is 10.7 Å². The maximum absolute atomic E-state index is 11.9. The summed E-state index contributed by atoms with van der Waals surface area (Å²) in [5.41, 5.74) is 0.0365. The lowest BCUT2D eigenvalue weighted by atomic mass is 10.2. The Morgan fingerprint density at radius 1 is 1.69 bits per heavy atom. The molecule has 5 nitrogen and oxygen atoms in total. The minimum Gasteiger partial charge on any atom is -0.382 e. The molecule has 1 heterocycles. The van der Waals surface area contributed by atoms with Gasteiger partial charge in [-0.15, -0.1) is 0 Å². The Morgan fingerprint density at radius 3 is 2.75 bits per heavy atom. The first-order chi connectivity index (χ1) is 7.32. The van der Waals surface area contributed by atoms with Gasteiger partial charge in [-0.3, -0.25) is 4.79 Å². The summed E-state index contributed by atoms with van der Waals surface area (Å²) < 4.78 is 40.2. The molecule has 0 aliphatic rings. The fourth-order valence-corrected chi connectivity index (χ4v) is 0.917. The van der Waals surface area contributed by atoms with Gasteiger partial charge in [0.15, 0.2) is 6.10 Å². The maximum Gasteiger partial charge on any atom is 0.416 e. The third-order valence-corrected chi connectivity index (χ3v) is 1.83. The van der Waals surface area contributed by atoms with Crippen LogP contribution in [0.25, 0.3) is 0 Å². The van der Waals surface area contributed by atoms with E-state index in [4.69, 9.17) is 5.11 Å². The van der Waals surface area contributed by atoms with Gasteiger partial charge in [0, 0.05) is 0 Å². The lowest BCUT2D eigenvalue weighted by molar-refractivity contribution is -0.201. The number of aliphatic hydroxyl groups is 1. The first-order valence-corrected chi connectivity index (χ1v) is 4.26. The van der Waals surface area contributed by atoms with E-state index in [1.807, 2.05) is 5.32 Å². The summed E-state index contributed by atoms with van der Waals surface area (Å²) in [6.45, 7) is 0.537. The number of aryl methyl sites for hydroxylation is 1. The second kappa shape index (κ2) is 4.52. The normalized spacial score (nSPS) is 13.6. The average molecular weight is 238 g/mol. The molecule has 1 rings (SSSR count). The number of rotatable bonds is 3. The van der Waals surface area contributed by atoms with E-state index in [1.54, 1.807) is 0 Å². The van der Waals surface area contributed by atoms with E-state index in [0.29, 0.717) is 0 Å². The number of nitrogens with one attached hydrogen (secondary N) is 1. The summed E-state index contributed by atoms with van der Waals surface area (Å²) in [6.07, 6.45) is -6.25. The minimum absolute atomic E-state index is 0.0365. The molecule has 1 amide bonds.